The molecule has 0 bridgehead atoms. The first-order valence-electron chi connectivity index (χ1n) is 22.9. The van der Waals surface area contributed by atoms with E-state index in [1.807, 2.05) is 11.3 Å². The van der Waals surface area contributed by atoms with Crippen molar-refractivity contribution in [2.45, 2.75) is 66.2 Å². The van der Waals surface area contributed by atoms with Gasteiger partial charge in [0.1, 0.15) is 0 Å². The summed E-state index contributed by atoms with van der Waals surface area (Å²) >= 11 is 1.89. The van der Waals surface area contributed by atoms with Gasteiger partial charge in [0.05, 0.1) is 0 Å². The average molecular weight is 859 g/mol. The average Bonchev–Trinajstić information content (AvgIpc) is 3.96. The lowest BCUT2D eigenvalue weighted by Gasteiger charge is -2.28. The van der Waals surface area contributed by atoms with Crippen LogP contribution in [-0.2, 0) is 10.8 Å². The van der Waals surface area contributed by atoms with Gasteiger partial charge in [0.2, 0.25) is 0 Å². The van der Waals surface area contributed by atoms with Crippen molar-refractivity contribution in [2.24, 2.45) is 0 Å². The molecule has 318 valence electrons. The van der Waals surface area contributed by atoms with Gasteiger partial charge < -0.3 is 9.80 Å². The van der Waals surface area contributed by atoms with Gasteiger partial charge >= 0.3 is 0 Å². The molecule has 0 unspecified atom stereocenters. The predicted molar refractivity (Wildman–Crippen MR) is 279 cm³/mol. The minimum absolute atomic E-state index is 0.166. The van der Waals surface area contributed by atoms with Crippen LogP contribution in [0.2, 0.25) is 0 Å². The number of hydrogen-bond acceptors (Lipinski definition) is 3. The Morgan fingerprint density at radius 1 is 0.292 bits per heavy atom. The Hall–Kier alpha value is -6.94. The number of anilines is 6. The van der Waals surface area contributed by atoms with Gasteiger partial charge in [0.15, 0.2) is 0 Å². The molecule has 2 aliphatic carbocycles. The number of thiophene rings is 1. The summed E-state index contributed by atoms with van der Waals surface area (Å²) in [5.74, 6) is 0. The van der Waals surface area contributed by atoms with E-state index in [2.05, 4.69) is 247 Å². The molecule has 0 amide bonds. The smallest absolute Gasteiger partial charge is 0.0465 e. The first-order valence-corrected chi connectivity index (χ1v) is 23.7. The highest BCUT2D eigenvalue weighted by Gasteiger charge is 2.38. The molecule has 65 heavy (non-hydrogen) atoms. The molecule has 0 fully saturated rings. The molecule has 1 aromatic heterocycles. The van der Waals surface area contributed by atoms with E-state index < -0.39 is 0 Å². The third kappa shape index (κ3) is 6.92. The van der Waals surface area contributed by atoms with Crippen LogP contribution in [0.5, 0.6) is 0 Å². The summed E-state index contributed by atoms with van der Waals surface area (Å²) in [5.41, 5.74) is 25.1. The summed E-state index contributed by atoms with van der Waals surface area (Å²) in [7, 11) is 0. The molecule has 0 atom stereocenters. The molecule has 0 N–H and O–H groups in total. The largest absolute Gasteiger partial charge is 0.310 e. The fourth-order valence-electron chi connectivity index (χ4n) is 10.4. The lowest BCUT2D eigenvalue weighted by molar-refractivity contribution is 0.660. The van der Waals surface area contributed by atoms with Gasteiger partial charge in [-0.25, -0.2) is 0 Å². The number of rotatable bonds is 8. The second kappa shape index (κ2) is 15.4. The van der Waals surface area contributed by atoms with Crippen LogP contribution in [0.3, 0.4) is 0 Å². The van der Waals surface area contributed by atoms with Crippen molar-refractivity contribution in [2.75, 3.05) is 9.80 Å². The molecule has 1 heterocycles. The Balaban J connectivity index is 0.894. The van der Waals surface area contributed by atoms with Gasteiger partial charge in [0.25, 0.3) is 0 Å². The first kappa shape index (κ1) is 40.8. The normalized spacial score (nSPS) is 13.8. The van der Waals surface area contributed by atoms with Crippen molar-refractivity contribution in [1.82, 2.24) is 0 Å². The maximum Gasteiger partial charge on any atom is 0.0465 e. The zero-order chi connectivity index (χ0) is 44.8. The van der Waals surface area contributed by atoms with E-state index in [0.29, 0.717) is 0 Å². The summed E-state index contributed by atoms with van der Waals surface area (Å²) in [4.78, 5) is 7.36. The van der Waals surface area contributed by atoms with Gasteiger partial charge in [-0.15, -0.1) is 11.3 Å². The van der Waals surface area contributed by atoms with E-state index in [1.165, 1.54) is 99.0 Å². The number of benzene rings is 8. The van der Waals surface area contributed by atoms with E-state index in [1.54, 1.807) is 0 Å². The zero-order valence-corrected chi connectivity index (χ0v) is 39.4. The molecule has 11 rings (SSSR count). The molecule has 0 saturated heterocycles. The van der Waals surface area contributed by atoms with Gasteiger partial charge in [-0.1, -0.05) is 135 Å². The molecular formula is C62H54N2S. The van der Waals surface area contributed by atoms with Crippen molar-refractivity contribution < 1.29 is 0 Å². The summed E-state index contributed by atoms with van der Waals surface area (Å²) in [5, 5.41) is 0. The van der Waals surface area contributed by atoms with E-state index in [0.717, 1.165) is 22.7 Å². The highest BCUT2D eigenvalue weighted by Crippen LogP contribution is 2.54. The van der Waals surface area contributed by atoms with Crippen molar-refractivity contribution in [3.63, 3.8) is 0 Å². The van der Waals surface area contributed by atoms with Crippen molar-refractivity contribution in [1.29, 1.82) is 0 Å². The second-order valence-electron chi connectivity index (χ2n) is 19.4. The Morgan fingerprint density at radius 2 is 0.554 bits per heavy atom. The van der Waals surface area contributed by atoms with Gasteiger partial charge in [-0.2, -0.15) is 0 Å². The van der Waals surface area contributed by atoms with Crippen LogP contribution in [0.1, 0.15) is 72.2 Å². The lowest BCUT2D eigenvalue weighted by Crippen LogP contribution is -2.16. The molecular weight excluding hydrogens is 805 g/mol. The van der Waals surface area contributed by atoms with Crippen LogP contribution >= 0.6 is 11.3 Å². The standard InChI is InChI=1S/C62H54N2S/c1-39-9-19-45(20-10-39)63(46-21-11-40(2)12-22-46)49-27-31-53-51-29-17-43(35-55(51)61(5,6)57(53)37-49)59-33-34-60(65-59)44-18-30-52-54-32-28-50(38-58(54)62(7,8)56(52)36-44)64(47-23-13-41(3)14-24-47)48-25-15-42(4)16-26-48/h9-38H,1-8H3. The third-order valence-corrected chi connectivity index (χ3v) is 15.4. The summed E-state index contributed by atoms with van der Waals surface area (Å²) in [6.07, 6.45) is 0. The van der Waals surface area contributed by atoms with Crippen LogP contribution < -0.4 is 9.80 Å². The molecule has 3 heteroatoms. The first-order chi connectivity index (χ1) is 31.3. The summed E-state index contributed by atoms with van der Waals surface area (Å²) in [6.45, 7) is 18.2. The number of fused-ring (bicyclic) bond motifs is 6. The third-order valence-electron chi connectivity index (χ3n) is 14.2. The SMILES string of the molecule is Cc1ccc(N(c2ccc(C)cc2)c2ccc3c(c2)C(C)(C)c2cc(-c4ccc(-c5ccc6c(c5)C(C)(C)c5cc(N(c7ccc(C)cc7)c7ccc(C)cc7)ccc5-6)s4)ccc2-3)cc1. The Kier molecular flexibility index (Phi) is 9.64. The molecule has 2 aliphatic rings. The van der Waals surface area contributed by atoms with E-state index in [9.17, 15) is 0 Å². The van der Waals surface area contributed by atoms with E-state index >= 15 is 0 Å². The van der Waals surface area contributed by atoms with Crippen molar-refractivity contribution in [3.8, 4) is 43.1 Å². The molecule has 2 nitrogen and oxygen atoms in total. The Morgan fingerprint density at radius 3 is 0.862 bits per heavy atom. The topological polar surface area (TPSA) is 6.48 Å². The maximum atomic E-state index is 2.46. The molecule has 0 radical (unpaired) electrons. The van der Waals surface area contributed by atoms with Crippen molar-refractivity contribution >= 4 is 45.5 Å². The fraction of sp³-hybridized carbons (Fsp3) is 0.161. The van der Waals surface area contributed by atoms with Gasteiger partial charge in [-0.3, -0.25) is 0 Å². The van der Waals surface area contributed by atoms with Crippen LogP contribution in [0.25, 0.3) is 43.1 Å². The van der Waals surface area contributed by atoms with Crippen LogP contribution in [-0.4, -0.2) is 0 Å². The van der Waals surface area contributed by atoms with Crippen LogP contribution in [0.15, 0.2) is 182 Å². The minimum Gasteiger partial charge on any atom is -0.310 e. The Bertz CT molecular complexity index is 2960. The number of nitrogens with zero attached hydrogens (tertiary/aromatic N) is 2. The summed E-state index contributed by atoms with van der Waals surface area (Å²) < 4.78 is 0. The molecule has 0 aliphatic heterocycles. The van der Waals surface area contributed by atoms with Crippen molar-refractivity contribution in [3.05, 3.63) is 226 Å². The quantitative estimate of drug-likeness (QED) is 0.150. The Labute approximate surface area is 389 Å². The highest BCUT2D eigenvalue weighted by atomic mass is 32.1. The number of aryl methyl sites for hydroxylation is 4. The van der Waals surface area contributed by atoms with Crippen LogP contribution in [0.4, 0.5) is 34.1 Å². The van der Waals surface area contributed by atoms with E-state index in [4.69, 9.17) is 0 Å². The molecule has 9 aromatic rings. The molecule has 8 aromatic carbocycles. The van der Waals surface area contributed by atoms with Gasteiger partial charge in [0, 0.05) is 54.7 Å². The fourth-order valence-corrected chi connectivity index (χ4v) is 11.4. The highest BCUT2D eigenvalue weighted by molar-refractivity contribution is 7.18. The number of hydrogen-bond donors (Lipinski definition) is 0. The maximum absolute atomic E-state index is 2.46. The zero-order valence-electron chi connectivity index (χ0n) is 38.6. The molecule has 0 saturated carbocycles. The predicted octanol–water partition coefficient (Wildman–Crippen LogP) is 17.9. The lowest BCUT2D eigenvalue weighted by atomic mass is 9.81. The van der Waals surface area contributed by atoms with Crippen LogP contribution in [0, 0.1) is 27.7 Å². The monoisotopic (exact) mass is 858 g/mol. The van der Waals surface area contributed by atoms with E-state index in [-0.39, 0.29) is 10.8 Å². The summed E-state index contributed by atoms with van der Waals surface area (Å²) in [6, 6.07) is 68.5. The minimum atomic E-state index is -0.166. The second-order valence-corrected chi connectivity index (χ2v) is 20.5. The molecule has 0 spiro atoms. The van der Waals surface area contributed by atoms with Gasteiger partial charge in [-0.05, 0) is 180 Å².